The quantitative estimate of drug-likeness (QED) is 0.563. The van der Waals surface area contributed by atoms with Crippen LogP contribution in [0.15, 0.2) is 24.3 Å². The average Bonchev–Trinajstić information content (AvgIpc) is 3.13. The van der Waals surface area contributed by atoms with Gasteiger partial charge in [0.1, 0.15) is 18.1 Å². The van der Waals surface area contributed by atoms with Crippen molar-refractivity contribution in [3.8, 4) is 28.5 Å². The fraction of sp³-hybridized carbons (Fsp3) is 0.476. The molecule has 5 nitrogen and oxygen atoms in total. The Balaban J connectivity index is 1.95. The third-order valence-electron chi connectivity index (χ3n) is 4.55. The number of hydrogen-bond acceptors (Lipinski definition) is 5. The SMILES string of the molecule is CC(C)C[C@](C)(N)COc1ccc(-c2cc(C(F)F)cc3c2OCO3)nc1C(F)F. The summed E-state index contributed by atoms with van der Waals surface area (Å²) in [4.78, 5) is 3.99. The molecule has 0 amide bonds. The van der Waals surface area contributed by atoms with Crippen LogP contribution in [0.4, 0.5) is 17.6 Å². The van der Waals surface area contributed by atoms with Crippen LogP contribution in [-0.2, 0) is 0 Å². The van der Waals surface area contributed by atoms with Crippen LogP contribution < -0.4 is 19.9 Å². The Hall–Kier alpha value is -2.55. The van der Waals surface area contributed by atoms with E-state index in [-0.39, 0.29) is 47.5 Å². The summed E-state index contributed by atoms with van der Waals surface area (Å²) in [5.41, 5.74) is 4.77. The first-order chi connectivity index (χ1) is 14.1. The molecule has 0 unspecified atom stereocenters. The molecular weight excluding hydrogens is 404 g/mol. The molecule has 1 aliphatic heterocycles. The van der Waals surface area contributed by atoms with Gasteiger partial charge in [-0.2, -0.15) is 0 Å². The van der Waals surface area contributed by atoms with Crippen molar-refractivity contribution in [2.75, 3.05) is 13.4 Å². The second kappa shape index (κ2) is 8.67. The van der Waals surface area contributed by atoms with Crippen molar-refractivity contribution in [2.45, 2.75) is 45.6 Å². The van der Waals surface area contributed by atoms with E-state index in [1.54, 1.807) is 6.92 Å². The van der Waals surface area contributed by atoms with Crippen LogP contribution in [0.1, 0.15) is 51.3 Å². The van der Waals surface area contributed by atoms with Gasteiger partial charge in [0, 0.05) is 16.7 Å². The van der Waals surface area contributed by atoms with Crippen LogP contribution in [0.3, 0.4) is 0 Å². The van der Waals surface area contributed by atoms with Crippen LogP contribution >= 0.6 is 0 Å². The predicted molar refractivity (Wildman–Crippen MR) is 103 cm³/mol. The molecule has 1 aromatic carbocycles. The van der Waals surface area contributed by atoms with Crippen molar-refractivity contribution in [3.63, 3.8) is 0 Å². The molecule has 0 aliphatic carbocycles. The largest absolute Gasteiger partial charge is 0.490 e. The van der Waals surface area contributed by atoms with Crippen molar-refractivity contribution < 1.29 is 31.8 Å². The Morgan fingerprint density at radius 3 is 2.50 bits per heavy atom. The Morgan fingerprint density at radius 1 is 1.13 bits per heavy atom. The number of halogens is 4. The number of rotatable bonds is 8. The number of ether oxygens (including phenoxy) is 3. The van der Waals surface area contributed by atoms with E-state index < -0.39 is 24.1 Å². The van der Waals surface area contributed by atoms with Gasteiger partial charge >= 0.3 is 0 Å². The first-order valence-corrected chi connectivity index (χ1v) is 9.50. The highest BCUT2D eigenvalue weighted by atomic mass is 19.3. The van der Waals surface area contributed by atoms with Crippen molar-refractivity contribution in [2.24, 2.45) is 11.7 Å². The summed E-state index contributed by atoms with van der Waals surface area (Å²) in [6.07, 6.45) is -5.05. The third kappa shape index (κ3) is 4.95. The molecule has 30 heavy (non-hydrogen) atoms. The minimum Gasteiger partial charge on any atom is -0.490 e. The second-order valence-electron chi connectivity index (χ2n) is 8.02. The highest BCUT2D eigenvalue weighted by molar-refractivity contribution is 5.73. The van der Waals surface area contributed by atoms with Crippen LogP contribution in [0.5, 0.6) is 17.2 Å². The third-order valence-corrected chi connectivity index (χ3v) is 4.55. The molecule has 2 aromatic rings. The van der Waals surface area contributed by atoms with Gasteiger partial charge in [-0.25, -0.2) is 22.5 Å². The lowest BCUT2D eigenvalue weighted by molar-refractivity contribution is 0.134. The fourth-order valence-electron chi connectivity index (χ4n) is 3.47. The van der Waals surface area contributed by atoms with Gasteiger partial charge in [0.05, 0.1) is 5.69 Å². The zero-order chi connectivity index (χ0) is 22.1. The van der Waals surface area contributed by atoms with Crippen LogP contribution in [0.25, 0.3) is 11.3 Å². The van der Waals surface area contributed by atoms with E-state index >= 15 is 0 Å². The van der Waals surface area contributed by atoms with Crippen molar-refractivity contribution in [1.82, 2.24) is 4.98 Å². The molecule has 0 saturated heterocycles. The molecule has 2 N–H and O–H groups in total. The molecule has 1 atom stereocenters. The highest BCUT2D eigenvalue weighted by Crippen LogP contribution is 2.44. The van der Waals surface area contributed by atoms with Gasteiger partial charge in [-0.15, -0.1) is 0 Å². The molecule has 3 rings (SSSR count). The first kappa shape index (κ1) is 22.1. The average molecular weight is 428 g/mol. The van der Waals surface area contributed by atoms with E-state index in [4.69, 9.17) is 19.9 Å². The Labute approximate surface area is 172 Å². The number of nitrogens with zero attached hydrogens (tertiary/aromatic N) is 1. The zero-order valence-corrected chi connectivity index (χ0v) is 16.9. The van der Waals surface area contributed by atoms with Gasteiger partial charge in [-0.05, 0) is 43.5 Å². The van der Waals surface area contributed by atoms with E-state index in [1.807, 2.05) is 13.8 Å². The summed E-state index contributed by atoms with van der Waals surface area (Å²) in [5.74, 6) is 0.515. The molecule has 1 aliphatic rings. The second-order valence-corrected chi connectivity index (χ2v) is 8.02. The van der Waals surface area contributed by atoms with Crippen molar-refractivity contribution in [1.29, 1.82) is 0 Å². The first-order valence-electron chi connectivity index (χ1n) is 9.50. The van der Waals surface area contributed by atoms with Crippen molar-refractivity contribution in [3.05, 3.63) is 35.5 Å². The topological polar surface area (TPSA) is 66.6 Å². The van der Waals surface area contributed by atoms with E-state index in [0.717, 1.165) is 6.07 Å². The Kier molecular flexibility index (Phi) is 6.40. The Morgan fingerprint density at radius 2 is 1.87 bits per heavy atom. The molecule has 0 fully saturated rings. The lowest BCUT2D eigenvalue weighted by atomic mass is 9.93. The standard InChI is InChI=1S/C21H24F4N2O3/c1-11(2)8-21(3,26)9-28-15-5-4-14(27-17(15)20(24)25)13-6-12(19(22)23)7-16-18(13)30-10-29-16/h4-7,11,19-20H,8-10,26H2,1-3H3/t21-/m0/s1. The molecular formula is C21H24F4N2O3. The smallest absolute Gasteiger partial charge is 0.284 e. The summed E-state index contributed by atoms with van der Waals surface area (Å²) >= 11 is 0. The van der Waals surface area contributed by atoms with E-state index in [2.05, 4.69) is 4.98 Å². The molecule has 164 valence electrons. The van der Waals surface area contributed by atoms with Crippen molar-refractivity contribution >= 4 is 0 Å². The molecule has 0 spiro atoms. The maximum Gasteiger partial charge on any atom is 0.284 e. The number of aromatic nitrogens is 1. The normalized spacial score (nSPS) is 15.2. The lowest BCUT2D eigenvalue weighted by Crippen LogP contribution is -2.43. The molecule has 1 aromatic heterocycles. The number of alkyl halides is 4. The van der Waals surface area contributed by atoms with Gasteiger partial charge < -0.3 is 19.9 Å². The molecule has 9 heteroatoms. The lowest BCUT2D eigenvalue weighted by Gasteiger charge is -2.27. The molecule has 0 saturated carbocycles. The number of hydrogen-bond donors (Lipinski definition) is 1. The maximum atomic E-state index is 13.7. The van der Waals surface area contributed by atoms with Crippen LogP contribution in [0, 0.1) is 5.92 Å². The summed E-state index contributed by atoms with van der Waals surface area (Å²) in [6.45, 7) is 5.67. The number of nitrogens with two attached hydrogens (primary N) is 1. The van der Waals surface area contributed by atoms with Gasteiger partial charge in [-0.3, -0.25) is 0 Å². The van der Waals surface area contributed by atoms with E-state index in [1.165, 1.54) is 18.2 Å². The zero-order valence-electron chi connectivity index (χ0n) is 16.9. The van der Waals surface area contributed by atoms with Gasteiger partial charge in [0.2, 0.25) is 6.79 Å². The molecule has 2 heterocycles. The van der Waals surface area contributed by atoms with Crippen LogP contribution in [-0.4, -0.2) is 23.9 Å². The minimum absolute atomic E-state index is 0.0269. The Bertz CT molecular complexity index is 904. The van der Waals surface area contributed by atoms with E-state index in [9.17, 15) is 17.6 Å². The summed E-state index contributed by atoms with van der Waals surface area (Å²) < 4.78 is 69.9. The molecule has 0 radical (unpaired) electrons. The highest BCUT2D eigenvalue weighted by Gasteiger charge is 2.27. The van der Waals surface area contributed by atoms with Gasteiger partial charge in [0.15, 0.2) is 11.5 Å². The summed E-state index contributed by atoms with van der Waals surface area (Å²) in [7, 11) is 0. The summed E-state index contributed by atoms with van der Waals surface area (Å²) in [5, 5.41) is 0. The minimum atomic E-state index is -2.93. The van der Waals surface area contributed by atoms with E-state index in [0.29, 0.717) is 12.3 Å². The summed E-state index contributed by atoms with van der Waals surface area (Å²) in [6, 6.07) is 5.09. The molecule has 0 bridgehead atoms. The number of fused-ring (bicyclic) bond motifs is 1. The fourth-order valence-corrected chi connectivity index (χ4v) is 3.47. The van der Waals surface area contributed by atoms with Gasteiger partial charge in [0.25, 0.3) is 12.9 Å². The van der Waals surface area contributed by atoms with Crippen LogP contribution in [0.2, 0.25) is 0 Å². The number of pyridine rings is 1. The predicted octanol–water partition coefficient (Wildman–Crippen LogP) is 5.49. The maximum absolute atomic E-state index is 13.7. The monoisotopic (exact) mass is 428 g/mol. The number of benzene rings is 1. The van der Waals surface area contributed by atoms with Gasteiger partial charge in [-0.1, -0.05) is 13.8 Å².